The predicted molar refractivity (Wildman–Crippen MR) is 88.3 cm³/mol. The minimum absolute atomic E-state index is 0.374. The molecule has 0 radical (unpaired) electrons. The van der Waals surface area contributed by atoms with E-state index in [0.29, 0.717) is 28.4 Å². The molecule has 4 nitrogen and oxygen atoms in total. The van der Waals surface area contributed by atoms with E-state index in [0.717, 1.165) is 16.8 Å². The maximum Gasteiger partial charge on any atom is 0.247 e. The molecule has 0 atom stereocenters. The molecule has 0 unspecified atom stereocenters. The van der Waals surface area contributed by atoms with Crippen LogP contribution in [0.2, 0.25) is 10.0 Å². The molecule has 0 saturated carbocycles. The highest BCUT2D eigenvalue weighted by Gasteiger charge is 2.09. The summed E-state index contributed by atoms with van der Waals surface area (Å²) in [6, 6.07) is 13.1. The van der Waals surface area contributed by atoms with Crippen LogP contribution in [0.1, 0.15) is 11.5 Å². The molecule has 0 fully saturated rings. The minimum Gasteiger partial charge on any atom is -0.419 e. The summed E-state index contributed by atoms with van der Waals surface area (Å²) in [5.41, 5.74) is 2.77. The summed E-state index contributed by atoms with van der Waals surface area (Å²) in [5.74, 6) is 0.977. The molecule has 1 heterocycles. The number of aromatic nitrogens is 2. The van der Waals surface area contributed by atoms with Crippen LogP contribution in [-0.2, 0) is 6.54 Å². The number of benzene rings is 2. The number of aryl methyl sites for hydroxylation is 1. The first kappa shape index (κ1) is 14.9. The topological polar surface area (TPSA) is 51.0 Å². The first-order chi connectivity index (χ1) is 10.6. The molecule has 1 N–H and O–H groups in total. The fourth-order valence-corrected chi connectivity index (χ4v) is 2.38. The van der Waals surface area contributed by atoms with Gasteiger partial charge in [-0.15, -0.1) is 10.2 Å². The van der Waals surface area contributed by atoms with Crippen LogP contribution in [0.25, 0.3) is 11.5 Å². The Morgan fingerprint density at radius 3 is 2.77 bits per heavy atom. The average molecular weight is 334 g/mol. The van der Waals surface area contributed by atoms with Crippen molar-refractivity contribution in [3.63, 3.8) is 0 Å². The lowest BCUT2D eigenvalue weighted by Gasteiger charge is -2.06. The van der Waals surface area contributed by atoms with E-state index in [2.05, 4.69) is 15.5 Å². The molecular weight excluding hydrogens is 321 g/mol. The second-order valence-electron chi connectivity index (χ2n) is 4.85. The van der Waals surface area contributed by atoms with E-state index in [1.165, 1.54) is 0 Å². The van der Waals surface area contributed by atoms with Gasteiger partial charge in [0.1, 0.15) is 0 Å². The molecule has 22 heavy (non-hydrogen) atoms. The fourth-order valence-electron chi connectivity index (χ4n) is 2.02. The van der Waals surface area contributed by atoms with Gasteiger partial charge in [0.05, 0.1) is 17.3 Å². The second kappa shape index (κ2) is 6.38. The van der Waals surface area contributed by atoms with Crippen molar-refractivity contribution in [2.45, 2.75) is 13.5 Å². The molecule has 3 aromatic rings. The van der Waals surface area contributed by atoms with Crippen LogP contribution in [-0.4, -0.2) is 10.2 Å². The second-order valence-corrected chi connectivity index (χ2v) is 5.69. The van der Waals surface area contributed by atoms with Crippen molar-refractivity contribution in [3.05, 3.63) is 64.0 Å². The van der Waals surface area contributed by atoms with Gasteiger partial charge < -0.3 is 9.73 Å². The Kier molecular flexibility index (Phi) is 4.32. The van der Waals surface area contributed by atoms with Crippen LogP contribution in [0.5, 0.6) is 0 Å². The van der Waals surface area contributed by atoms with Gasteiger partial charge >= 0.3 is 0 Å². The van der Waals surface area contributed by atoms with Crippen LogP contribution >= 0.6 is 23.2 Å². The Bertz CT molecular complexity index is 802. The van der Waals surface area contributed by atoms with Gasteiger partial charge in [-0.2, -0.15) is 0 Å². The quantitative estimate of drug-likeness (QED) is 0.732. The Balaban J connectivity index is 1.73. The number of halogens is 2. The van der Waals surface area contributed by atoms with E-state index in [1.54, 1.807) is 18.2 Å². The minimum atomic E-state index is 0.374. The van der Waals surface area contributed by atoms with Crippen molar-refractivity contribution >= 4 is 28.9 Å². The maximum absolute atomic E-state index is 6.09. The molecule has 2 aromatic carbocycles. The van der Waals surface area contributed by atoms with E-state index >= 15 is 0 Å². The summed E-state index contributed by atoms with van der Waals surface area (Å²) in [6.45, 7) is 2.39. The Morgan fingerprint density at radius 2 is 1.95 bits per heavy atom. The summed E-state index contributed by atoms with van der Waals surface area (Å²) in [7, 11) is 0. The third-order valence-electron chi connectivity index (χ3n) is 3.09. The van der Waals surface area contributed by atoms with Gasteiger partial charge in [0.15, 0.2) is 0 Å². The van der Waals surface area contributed by atoms with Gasteiger partial charge in [-0.1, -0.05) is 40.9 Å². The lowest BCUT2D eigenvalue weighted by Crippen LogP contribution is -2.00. The van der Waals surface area contributed by atoms with Crippen molar-refractivity contribution in [2.24, 2.45) is 0 Å². The van der Waals surface area contributed by atoms with Crippen LogP contribution < -0.4 is 5.32 Å². The van der Waals surface area contributed by atoms with E-state index in [-0.39, 0.29) is 0 Å². The number of nitrogens with zero attached hydrogens (tertiary/aromatic N) is 2. The molecule has 0 saturated heterocycles. The Hall–Kier alpha value is -2.04. The van der Waals surface area contributed by atoms with Crippen molar-refractivity contribution in [1.29, 1.82) is 0 Å². The molecule has 0 aliphatic heterocycles. The Labute approximate surface area is 138 Å². The number of rotatable bonds is 4. The molecule has 0 amide bonds. The van der Waals surface area contributed by atoms with Crippen molar-refractivity contribution in [3.8, 4) is 11.5 Å². The SMILES string of the molecule is Cc1cccc(-c2nnc(CNc3cc(Cl)ccc3Cl)o2)c1. The fraction of sp³-hybridized carbons (Fsp3) is 0.125. The lowest BCUT2D eigenvalue weighted by atomic mass is 10.1. The zero-order chi connectivity index (χ0) is 15.5. The molecule has 3 rings (SSSR count). The summed E-state index contributed by atoms with van der Waals surface area (Å²) in [6.07, 6.45) is 0. The number of anilines is 1. The normalized spacial score (nSPS) is 10.7. The van der Waals surface area contributed by atoms with Crippen LogP contribution in [0.4, 0.5) is 5.69 Å². The van der Waals surface area contributed by atoms with Gasteiger partial charge in [0, 0.05) is 10.6 Å². The standard InChI is InChI=1S/C16H13Cl2N3O/c1-10-3-2-4-11(7-10)16-21-20-15(22-16)9-19-14-8-12(17)5-6-13(14)18/h2-8,19H,9H2,1H3. The summed E-state index contributed by atoms with van der Waals surface area (Å²) in [5, 5.41) is 12.4. The van der Waals surface area contributed by atoms with Gasteiger partial charge in [0.2, 0.25) is 11.8 Å². The van der Waals surface area contributed by atoms with Gasteiger partial charge in [-0.3, -0.25) is 0 Å². The molecule has 0 aliphatic carbocycles. The van der Waals surface area contributed by atoms with Crippen LogP contribution in [0.15, 0.2) is 46.9 Å². The van der Waals surface area contributed by atoms with E-state index in [4.69, 9.17) is 27.6 Å². The largest absolute Gasteiger partial charge is 0.419 e. The predicted octanol–water partition coefficient (Wildman–Crippen LogP) is 4.96. The molecule has 112 valence electrons. The van der Waals surface area contributed by atoms with Crippen molar-refractivity contribution in [1.82, 2.24) is 10.2 Å². The summed E-state index contributed by atoms with van der Waals surface area (Å²) in [4.78, 5) is 0. The van der Waals surface area contributed by atoms with E-state index in [9.17, 15) is 0 Å². The highest BCUT2D eigenvalue weighted by molar-refractivity contribution is 6.35. The van der Waals surface area contributed by atoms with Crippen molar-refractivity contribution in [2.75, 3.05) is 5.32 Å². The van der Waals surface area contributed by atoms with Gasteiger partial charge in [-0.05, 0) is 37.3 Å². The molecular formula is C16H13Cl2N3O. The molecule has 1 aromatic heterocycles. The zero-order valence-electron chi connectivity index (χ0n) is 11.8. The highest BCUT2D eigenvalue weighted by Crippen LogP contribution is 2.26. The first-order valence-corrected chi connectivity index (χ1v) is 7.46. The van der Waals surface area contributed by atoms with Crippen molar-refractivity contribution < 1.29 is 4.42 Å². The van der Waals surface area contributed by atoms with Crippen LogP contribution in [0, 0.1) is 6.92 Å². The highest BCUT2D eigenvalue weighted by atomic mass is 35.5. The van der Waals surface area contributed by atoms with Gasteiger partial charge in [0.25, 0.3) is 0 Å². The smallest absolute Gasteiger partial charge is 0.247 e. The molecule has 0 spiro atoms. The third kappa shape index (κ3) is 3.40. The molecule has 0 bridgehead atoms. The average Bonchev–Trinajstić information content (AvgIpc) is 2.97. The first-order valence-electron chi connectivity index (χ1n) is 6.70. The number of hydrogen-bond donors (Lipinski definition) is 1. The number of hydrogen-bond acceptors (Lipinski definition) is 4. The molecule has 0 aliphatic rings. The summed E-state index contributed by atoms with van der Waals surface area (Å²) < 4.78 is 5.66. The number of nitrogens with one attached hydrogen (secondary N) is 1. The van der Waals surface area contributed by atoms with E-state index < -0.39 is 0 Å². The molecule has 6 heteroatoms. The van der Waals surface area contributed by atoms with E-state index in [1.807, 2.05) is 31.2 Å². The van der Waals surface area contributed by atoms with Crippen LogP contribution in [0.3, 0.4) is 0 Å². The Morgan fingerprint density at radius 1 is 1.09 bits per heavy atom. The monoisotopic (exact) mass is 333 g/mol. The maximum atomic E-state index is 6.09. The summed E-state index contributed by atoms with van der Waals surface area (Å²) >= 11 is 12.0. The lowest BCUT2D eigenvalue weighted by molar-refractivity contribution is 0.515. The van der Waals surface area contributed by atoms with Gasteiger partial charge in [-0.25, -0.2) is 0 Å². The zero-order valence-corrected chi connectivity index (χ0v) is 13.3. The third-order valence-corrected chi connectivity index (χ3v) is 3.66.